The number of rotatable bonds is 11. The number of para-hydroxylation sites is 1. The van der Waals surface area contributed by atoms with Gasteiger partial charge in [-0.15, -0.1) is 0 Å². The molecule has 0 spiro atoms. The fourth-order valence-electron chi connectivity index (χ4n) is 3.79. The van der Waals surface area contributed by atoms with Gasteiger partial charge in [0.25, 0.3) is 0 Å². The van der Waals surface area contributed by atoms with Crippen molar-refractivity contribution in [1.82, 2.24) is 10.2 Å². The zero-order valence-corrected chi connectivity index (χ0v) is 22.5. The van der Waals surface area contributed by atoms with Crippen molar-refractivity contribution >= 4 is 39.1 Å². The third-order valence-electron chi connectivity index (χ3n) is 5.68. The molecule has 0 fully saturated rings. The molecule has 0 radical (unpaired) electrons. The average molecular weight is 544 g/mol. The lowest BCUT2D eigenvalue weighted by molar-refractivity contribution is -0.140. The number of carbonyl (C=O) groups excluding carboxylic acids is 2. The topological polar surface area (TPSA) is 96.0 Å². The van der Waals surface area contributed by atoms with E-state index in [9.17, 15) is 18.0 Å². The van der Waals surface area contributed by atoms with Crippen LogP contribution >= 0.6 is 11.6 Å². The Hall–Kier alpha value is -3.56. The van der Waals surface area contributed by atoms with Crippen LogP contribution < -0.4 is 14.4 Å². The molecule has 8 nitrogen and oxygen atoms in total. The third kappa shape index (κ3) is 7.71. The molecular weight excluding hydrogens is 514 g/mol. The van der Waals surface area contributed by atoms with Crippen LogP contribution in [0.2, 0.25) is 5.02 Å². The summed E-state index contributed by atoms with van der Waals surface area (Å²) in [5.41, 5.74) is 1.06. The van der Waals surface area contributed by atoms with Crippen molar-refractivity contribution < 1.29 is 22.7 Å². The van der Waals surface area contributed by atoms with E-state index in [4.69, 9.17) is 16.3 Å². The molecule has 1 N–H and O–H groups in total. The summed E-state index contributed by atoms with van der Waals surface area (Å²) in [6.07, 6.45) is 1.39. The second-order valence-corrected chi connectivity index (χ2v) is 10.7. The Bertz CT molecular complexity index is 1300. The van der Waals surface area contributed by atoms with Crippen LogP contribution in [0, 0.1) is 0 Å². The van der Waals surface area contributed by atoms with Gasteiger partial charge in [0.15, 0.2) is 0 Å². The van der Waals surface area contributed by atoms with Gasteiger partial charge in [0, 0.05) is 18.6 Å². The molecule has 196 valence electrons. The molecule has 0 aliphatic heterocycles. The summed E-state index contributed by atoms with van der Waals surface area (Å²) in [6, 6.07) is 21.7. The van der Waals surface area contributed by atoms with Gasteiger partial charge in [-0.3, -0.25) is 13.9 Å². The smallest absolute Gasteiger partial charge is 0.244 e. The Morgan fingerprint density at radius 2 is 1.54 bits per heavy atom. The van der Waals surface area contributed by atoms with Gasteiger partial charge in [0.2, 0.25) is 21.8 Å². The molecule has 1 unspecified atom stereocenters. The molecular formula is C27H30ClN3O5S. The van der Waals surface area contributed by atoms with E-state index in [2.05, 4.69) is 5.32 Å². The number of halogens is 1. The predicted octanol–water partition coefficient (Wildman–Crippen LogP) is 4.45. The summed E-state index contributed by atoms with van der Waals surface area (Å²) in [5.74, 6) is 0.311. The molecule has 3 aromatic carbocycles. The highest BCUT2D eigenvalue weighted by Gasteiger charge is 2.31. The number of ether oxygens (including phenoxy) is 1. The molecule has 0 aliphatic rings. The van der Waals surface area contributed by atoms with Gasteiger partial charge in [-0.05, 0) is 60.5 Å². The van der Waals surface area contributed by atoms with E-state index in [0.29, 0.717) is 28.6 Å². The number of carbonyl (C=O) groups is 2. The quantitative estimate of drug-likeness (QED) is 0.385. The van der Waals surface area contributed by atoms with Crippen LogP contribution in [-0.4, -0.2) is 51.0 Å². The first-order valence-corrected chi connectivity index (χ1v) is 13.9. The summed E-state index contributed by atoms with van der Waals surface area (Å²) in [4.78, 5) is 27.6. The molecule has 0 saturated heterocycles. The molecule has 0 aliphatic carbocycles. The van der Waals surface area contributed by atoms with Gasteiger partial charge in [-0.25, -0.2) is 8.42 Å². The third-order valence-corrected chi connectivity index (χ3v) is 7.07. The highest BCUT2D eigenvalue weighted by Crippen LogP contribution is 2.26. The second kappa shape index (κ2) is 12.6. The van der Waals surface area contributed by atoms with Crippen LogP contribution in [0.25, 0.3) is 0 Å². The molecule has 0 saturated carbocycles. The van der Waals surface area contributed by atoms with Crippen molar-refractivity contribution in [3.63, 3.8) is 0 Å². The number of amides is 2. The number of sulfonamides is 1. The Labute approximate surface area is 222 Å². The summed E-state index contributed by atoms with van der Waals surface area (Å²) in [5, 5.41) is 3.13. The molecule has 1 atom stereocenters. The van der Waals surface area contributed by atoms with Gasteiger partial charge < -0.3 is 15.0 Å². The zero-order chi connectivity index (χ0) is 27.0. The molecule has 0 bridgehead atoms. The monoisotopic (exact) mass is 543 g/mol. The normalized spacial score (nSPS) is 11.9. The second-order valence-electron chi connectivity index (χ2n) is 8.37. The minimum Gasteiger partial charge on any atom is -0.457 e. The van der Waals surface area contributed by atoms with Crippen molar-refractivity contribution in [2.24, 2.45) is 0 Å². The number of hydrogen-bond donors (Lipinski definition) is 1. The van der Waals surface area contributed by atoms with Crippen molar-refractivity contribution in [3.05, 3.63) is 89.4 Å². The molecule has 2 amide bonds. The Morgan fingerprint density at radius 3 is 2.08 bits per heavy atom. The molecule has 3 aromatic rings. The summed E-state index contributed by atoms with van der Waals surface area (Å²) >= 11 is 5.99. The molecule has 3 rings (SSSR count). The van der Waals surface area contributed by atoms with E-state index in [1.54, 1.807) is 67.6 Å². The average Bonchev–Trinajstić information content (AvgIpc) is 2.88. The Kier molecular flexibility index (Phi) is 9.54. The first kappa shape index (κ1) is 28.0. The number of anilines is 1. The van der Waals surface area contributed by atoms with Gasteiger partial charge in [-0.1, -0.05) is 48.9 Å². The number of hydrogen-bond acceptors (Lipinski definition) is 5. The van der Waals surface area contributed by atoms with E-state index in [0.717, 1.165) is 16.1 Å². The maximum atomic E-state index is 13.6. The highest BCUT2D eigenvalue weighted by molar-refractivity contribution is 7.92. The first-order chi connectivity index (χ1) is 17.6. The van der Waals surface area contributed by atoms with Crippen molar-refractivity contribution in [1.29, 1.82) is 0 Å². The fourth-order valence-corrected chi connectivity index (χ4v) is 4.77. The fraction of sp³-hybridized carbons (Fsp3) is 0.259. The van der Waals surface area contributed by atoms with Crippen LogP contribution in [0.5, 0.6) is 11.5 Å². The van der Waals surface area contributed by atoms with Crippen LogP contribution in [-0.2, 0) is 26.2 Å². The summed E-state index contributed by atoms with van der Waals surface area (Å²) < 4.78 is 32.2. The van der Waals surface area contributed by atoms with Crippen LogP contribution in [0.1, 0.15) is 18.9 Å². The van der Waals surface area contributed by atoms with Gasteiger partial charge >= 0.3 is 0 Å². The van der Waals surface area contributed by atoms with Crippen molar-refractivity contribution in [3.8, 4) is 11.5 Å². The van der Waals surface area contributed by atoms with Crippen LogP contribution in [0.3, 0.4) is 0 Å². The van der Waals surface area contributed by atoms with E-state index >= 15 is 0 Å². The molecule has 0 heterocycles. The zero-order valence-electron chi connectivity index (χ0n) is 20.9. The largest absolute Gasteiger partial charge is 0.457 e. The van der Waals surface area contributed by atoms with E-state index in [-0.39, 0.29) is 12.5 Å². The van der Waals surface area contributed by atoms with E-state index < -0.39 is 28.5 Å². The minimum absolute atomic E-state index is 0.114. The van der Waals surface area contributed by atoms with Gasteiger partial charge in [-0.2, -0.15) is 0 Å². The summed E-state index contributed by atoms with van der Waals surface area (Å²) in [6.45, 7) is 1.43. The number of benzene rings is 3. The van der Waals surface area contributed by atoms with Crippen molar-refractivity contribution in [2.45, 2.75) is 25.9 Å². The Balaban J connectivity index is 1.87. The van der Waals surface area contributed by atoms with E-state index in [1.165, 1.54) is 11.9 Å². The van der Waals surface area contributed by atoms with Crippen molar-refractivity contribution in [2.75, 3.05) is 24.2 Å². The number of nitrogens with one attached hydrogen (secondary N) is 1. The number of likely N-dealkylation sites (N-methyl/N-ethyl adjacent to an activating group) is 1. The Morgan fingerprint density at radius 1 is 0.946 bits per heavy atom. The predicted molar refractivity (Wildman–Crippen MR) is 145 cm³/mol. The van der Waals surface area contributed by atoms with Gasteiger partial charge in [0.1, 0.15) is 24.1 Å². The maximum Gasteiger partial charge on any atom is 0.244 e. The SMILES string of the molecule is CCC(C(=O)NC)N(Cc1ccc(Cl)cc1)C(=O)CN(c1ccc(Oc2ccccc2)cc1)S(C)(=O)=O. The minimum atomic E-state index is -3.83. The molecule has 10 heteroatoms. The molecule has 37 heavy (non-hydrogen) atoms. The maximum absolute atomic E-state index is 13.6. The number of nitrogens with zero attached hydrogens (tertiary/aromatic N) is 2. The lowest BCUT2D eigenvalue weighted by Crippen LogP contribution is -2.51. The lowest BCUT2D eigenvalue weighted by atomic mass is 10.1. The summed E-state index contributed by atoms with van der Waals surface area (Å²) in [7, 11) is -2.33. The standard InChI is InChI=1S/C27H30ClN3O5S/c1-4-25(27(33)29-2)30(18-20-10-12-21(28)13-11-20)26(32)19-31(37(3,34)35)22-14-16-24(17-15-22)36-23-8-6-5-7-9-23/h5-17,25H,4,18-19H2,1-3H3,(H,29,33). The van der Waals surface area contributed by atoms with Crippen LogP contribution in [0.15, 0.2) is 78.9 Å². The van der Waals surface area contributed by atoms with Crippen LogP contribution in [0.4, 0.5) is 5.69 Å². The van der Waals surface area contributed by atoms with Gasteiger partial charge in [0.05, 0.1) is 11.9 Å². The highest BCUT2D eigenvalue weighted by atomic mass is 35.5. The first-order valence-electron chi connectivity index (χ1n) is 11.7. The van der Waals surface area contributed by atoms with E-state index in [1.807, 2.05) is 18.2 Å². The lowest BCUT2D eigenvalue weighted by Gasteiger charge is -2.32. The molecule has 0 aromatic heterocycles.